The average Bonchev–Trinajstić information content (AvgIpc) is 2.45. The number of carbonyl (C=O) groups excluding carboxylic acids is 1. The van der Waals surface area contributed by atoms with Crippen molar-refractivity contribution in [3.05, 3.63) is 75.3 Å². The summed E-state index contributed by atoms with van der Waals surface area (Å²) in [4.78, 5) is 22.7. The van der Waals surface area contributed by atoms with Crippen LogP contribution in [0, 0.1) is 0 Å². The molecule has 0 spiro atoms. The summed E-state index contributed by atoms with van der Waals surface area (Å²) in [5.74, 6) is -1.24. The molecular weight excluding hydrogens is 311 g/mol. The fourth-order valence-electron chi connectivity index (χ4n) is 1.69. The Morgan fingerprint density at radius 2 is 1.67 bits per heavy atom. The van der Waals surface area contributed by atoms with Crippen LogP contribution >= 0.6 is 23.2 Å². The summed E-state index contributed by atoms with van der Waals surface area (Å²) in [6.45, 7) is 0. The van der Waals surface area contributed by atoms with Crippen LogP contribution in [-0.4, -0.2) is 16.9 Å². The second-order valence-electron chi connectivity index (χ2n) is 4.25. The van der Waals surface area contributed by atoms with Crippen LogP contribution < -0.4 is 0 Å². The number of aromatic carboxylic acids is 1. The number of allylic oxidation sites excluding steroid dienone is 1. The largest absolute Gasteiger partial charge is 0.478 e. The van der Waals surface area contributed by atoms with Crippen molar-refractivity contribution in [3.8, 4) is 0 Å². The van der Waals surface area contributed by atoms with Crippen LogP contribution in [-0.2, 0) is 0 Å². The number of carboxylic acid groups (broad SMARTS) is 1. The lowest BCUT2D eigenvalue weighted by Crippen LogP contribution is -1.96. The third-order valence-electron chi connectivity index (χ3n) is 2.78. The molecule has 21 heavy (non-hydrogen) atoms. The van der Waals surface area contributed by atoms with E-state index in [1.807, 2.05) is 0 Å². The lowest BCUT2D eigenvalue weighted by molar-refractivity contribution is 0.0696. The maximum Gasteiger partial charge on any atom is 0.335 e. The van der Waals surface area contributed by atoms with E-state index in [0.717, 1.165) is 5.56 Å². The first-order chi connectivity index (χ1) is 9.97. The van der Waals surface area contributed by atoms with E-state index < -0.39 is 5.97 Å². The second-order valence-corrected chi connectivity index (χ2v) is 5.09. The molecule has 2 rings (SSSR count). The lowest BCUT2D eigenvalue weighted by Gasteiger charge is -2.00. The van der Waals surface area contributed by atoms with Gasteiger partial charge in [0.25, 0.3) is 0 Å². The Balaban J connectivity index is 2.16. The van der Waals surface area contributed by atoms with E-state index in [2.05, 4.69) is 0 Å². The predicted molar refractivity (Wildman–Crippen MR) is 83.2 cm³/mol. The van der Waals surface area contributed by atoms with Gasteiger partial charge in [-0.25, -0.2) is 4.79 Å². The summed E-state index contributed by atoms with van der Waals surface area (Å²) in [6, 6.07) is 10.9. The summed E-state index contributed by atoms with van der Waals surface area (Å²) in [5, 5.41) is 9.55. The molecule has 0 saturated carbocycles. The molecule has 0 aromatic heterocycles. The van der Waals surface area contributed by atoms with Crippen molar-refractivity contribution >= 4 is 41.0 Å². The second kappa shape index (κ2) is 6.57. The molecule has 2 aromatic carbocycles. The molecule has 0 saturated heterocycles. The van der Waals surface area contributed by atoms with Crippen molar-refractivity contribution in [2.24, 2.45) is 0 Å². The normalized spacial score (nSPS) is 10.8. The Kier molecular flexibility index (Phi) is 4.78. The van der Waals surface area contributed by atoms with E-state index in [0.29, 0.717) is 15.6 Å². The first-order valence-electron chi connectivity index (χ1n) is 5.98. The van der Waals surface area contributed by atoms with Crippen LogP contribution in [0.2, 0.25) is 10.0 Å². The van der Waals surface area contributed by atoms with E-state index in [9.17, 15) is 9.59 Å². The molecule has 0 aliphatic carbocycles. The summed E-state index contributed by atoms with van der Waals surface area (Å²) in [6.07, 6.45) is 2.98. The maximum absolute atomic E-state index is 12.0. The lowest BCUT2D eigenvalue weighted by atomic mass is 10.1. The van der Waals surface area contributed by atoms with Crippen molar-refractivity contribution in [1.29, 1.82) is 0 Å². The summed E-state index contributed by atoms with van der Waals surface area (Å²) >= 11 is 11.7. The molecule has 0 unspecified atom stereocenters. The molecule has 0 radical (unpaired) electrons. The first kappa shape index (κ1) is 15.3. The van der Waals surface area contributed by atoms with E-state index in [-0.39, 0.29) is 11.3 Å². The number of carbonyl (C=O) groups is 2. The van der Waals surface area contributed by atoms with Crippen molar-refractivity contribution in [3.63, 3.8) is 0 Å². The van der Waals surface area contributed by atoms with Crippen molar-refractivity contribution in [2.75, 3.05) is 0 Å². The minimum atomic E-state index is -0.991. The van der Waals surface area contributed by atoms with Crippen molar-refractivity contribution in [1.82, 2.24) is 0 Å². The molecule has 1 N–H and O–H groups in total. The van der Waals surface area contributed by atoms with Gasteiger partial charge in [0.05, 0.1) is 10.6 Å². The van der Waals surface area contributed by atoms with Crippen LogP contribution in [0.1, 0.15) is 26.3 Å². The number of rotatable bonds is 4. The zero-order chi connectivity index (χ0) is 15.4. The molecule has 0 aliphatic heterocycles. The maximum atomic E-state index is 12.0. The summed E-state index contributed by atoms with van der Waals surface area (Å²) in [7, 11) is 0. The van der Waals surface area contributed by atoms with Gasteiger partial charge in [0, 0.05) is 10.6 Å². The molecular formula is C16H10Cl2O3. The molecule has 106 valence electrons. The highest BCUT2D eigenvalue weighted by molar-refractivity contribution is 6.37. The molecule has 2 aromatic rings. The Labute approximate surface area is 131 Å². The SMILES string of the molecule is O=C(O)c1ccc(/C=C/C(=O)c2ccc(Cl)cc2Cl)cc1. The first-order valence-corrected chi connectivity index (χ1v) is 6.74. The van der Waals surface area contributed by atoms with Gasteiger partial charge in [0.2, 0.25) is 0 Å². The quantitative estimate of drug-likeness (QED) is 0.662. The number of ketones is 1. The van der Waals surface area contributed by atoms with Crippen LogP contribution in [0.15, 0.2) is 48.5 Å². The van der Waals surface area contributed by atoms with Gasteiger partial charge in [-0.15, -0.1) is 0 Å². The number of hydrogen-bond acceptors (Lipinski definition) is 2. The van der Waals surface area contributed by atoms with Crippen LogP contribution in [0.5, 0.6) is 0 Å². The van der Waals surface area contributed by atoms with E-state index in [1.165, 1.54) is 24.3 Å². The van der Waals surface area contributed by atoms with Gasteiger partial charge in [0.1, 0.15) is 0 Å². The fraction of sp³-hybridized carbons (Fsp3) is 0. The minimum Gasteiger partial charge on any atom is -0.478 e. The Bertz CT molecular complexity index is 719. The fourth-order valence-corrected chi connectivity index (χ4v) is 2.19. The van der Waals surface area contributed by atoms with Gasteiger partial charge in [-0.2, -0.15) is 0 Å². The van der Waals surface area contributed by atoms with Crippen molar-refractivity contribution in [2.45, 2.75) is 0 Å². The third kappa shape index (κ3) is 3.94. The molecule has 5 heteroatoms. The van der Waals surface area contributed by atoms with Gasteiger partial charge in [0.15, 0.2) is 5.78 Å². The van der Waals surface area contributed by atoms with Gasteiger partial charge >= 0.3 is 5.97 Å². The van der Waals surface area contributed by atoms with Gasteiger partial charge < -0.3 is 5.11 Å². The number of hydrogen-bond donors (Lipinski definition) is 1. The molecule has 0 heterocycles. The van der Waals surface area contributed by atoms with Gasteiger partial charge in [-0.05, 0) is 42.0 Å². The van der Waals surface area contributed by atoms with E-state index in [1.54, 1.807) is 30.3 Å². The van der Waals surface area contributed by atoms with Gasteiger partial charge in [-0.1, -0.05) is 41.4 Å². The predicted octanol–water partition coefficient (Wildman–Crippen LogP) is 4.59. The number of halogens is 2. The average molecular weight is 321 g/mol. The topological polar surface area (TPSA) is 54.4 Å². The number of carboxylic acids is 1. The molecule has 3 nitrogen and oxygen atoms in total. The Hall–Kier alpha value is -2.10. The third-order valence-corrected chi connectivity index (χ3v) is 3.33. The monoisotopic (exact) mass is 320 g/mol. The highest BCUT2D eigenvalue weighted by atomic mass is 35.5. The molecule has 0 atom stereocenters. The van der Waals surface area contributed by atoms with Crippen LogP contribution in [0.4, 0.5) is 0 Å². The highest BCUT2D eigenvalue weighted by Gasteiger charge is 2.07. The molecule has 0 aliphatic rings. The minimum absolute atomic E-state index is 0.194. The van der Waals surface area contributed by atoms with E-state index >= 15 is 0 Å². The van der Waals surface area contributed by atoms with Crippen LogP contribution in [0.3, 0.4) is 0 Å². The Morgan fingerprint density at radius 3 is 2.24 bits per heavy atom. The van der Waals surface area contributed by atoms with Gasteiger partial charge in [-0.3, -0.25) is 4.79 Å². The smallest absolute Gasteiger partial charge is 0.335 e. The molecule has 0 bridgehead atoms. The van der Waals surface area contributed by atoms with Crippen LogP contribution in [0.25, 0.3) is 6.08 Å². The molecule has 0 amide bonds. The molecule has 0 fully saturated rings. The standard InChI is InChI=1S/C16H10Cl2O3/c17-12-6-7-13(14(18)9-12)15(19)8-3-10-1-4-11(5-2-10)16(20)21/h1-9H,(H,20,21)/b8-3+. The van der Waals surface area contributed by atoms with E-state index in [4.69, 9.17) is 28.3 Å². The zero-order valence-electron chi connectivity index (χ0n) is 10.7. The summed E-state index contributed by atoms with van der Waals surface area (Å²) < 4.78 is 0. The number of benzene rings is 2. The summed E-state index contributed by atoms with van der Waals surface area (Å²) in [5.41, 5.74) is 1.28. The van der Waals surface area contributed by atoms with Crippen molar-refractivity contribution < 1.29 is 14.7 Å². The zero-order valence-corrected chi connectivity index (χ0v) is 12.2. The highest BCUT2D eigenvalue weighted by Crippen LogP contribution is 2.22. The Morgan fingerprint density at radius 1 is 1.00 bits per heavy atom.